The van der Waals surface area contributed by atoms with Crippen LogP contribution in [0.25, 0.3) is 38.9 Å². The zero-order valence-electron chi connectivity index (χ0n) is 17.7. The van der Waals surface area contributed by atoms with E-state index in [9.17, 15) is 4.79 Å². The van der Waals surface area contributed by atoms with Gasteiger partial charge in [-0.2, -0.15) is 0 Å². The Kier molecular flexibility index (Phi) is 4.48. The van der Waals surface area contributed by atoms with Crippen LogP contribution in [-0.2, 0) is 6.54 Å². The van der Waals surface area contributed by atoms with Crippen molar-refractivity contribution in [2.45, 2.75) is 13.5 Å². The summed E-state index contributed by atoms with van der Waals surface area (Å²) in [5.74, 6) is 0.624. The summed E-state index contributed by atoms with van der Waals surface area (Å²) in [6.45, 7) is 2.29. The van der Waals surface area contributed by atoms with E-state index in [1.165, 1.54) is 0 Å². The average molecular weight is 452 g/mol. The highest BCUT2D eigenvalue weighted by atomic mass is 35.5. The lowest BCUT2D eigenvalue weighted by atomic mass is 10.2. The molecule has 6 rings (SSSR count). The van der Waals surface area contributed by atoms with Gasteiger partial charge in [0.15, 0.2) is 11.3 Å². The third-order valence-corrected chi connectivity index (χ3v) is 6.07. The molecule has 3 aromatic carbocycles. The van der Waals surface area contributed by atoms with Gasteiger partial charge in [-0.15, -0.1) is 0 Å². The number of rotatable bonds is 3. The molecule has 3 aromatic heterocycles. The normalized spacial score (nSPS) is 11.6. The predicted octanol–water partition coefficient (Wildman–Crippen LogP) is 5.29. The van der Waals surface area contributed by atoms with Gasteiger partial charge in [0.1, 0.15) is 16.7 Å². The van der Waals surface area contributed by atoms with Crippen LogP contribution in [0.4, 0.5) is 0 Å². The minimum atomic E-state index is -0.136. The number of halogens is 1. The Morgan fingerprint density at radius 3 is 2.18 bits per heavy atom. The molecule has 0 aliphatic rings. The van der Waals surface area contributed by atoms with Gasteiger partial charge < -0.3 is 0 Å². The van der Waals surface area contributed by atoms with Crippen LogP contribution in [-0.4, -0.2) is 24.1 Å². The Hall–Kier alpha value is -4.03. The molecule has 6 nitrogen and oxygen atoms in total. The van der Waals surface area contributed by atoms with Gasteiger partial charge in [-0.25, -0.2) is 15.0 Å². The highest BCUT2D eigenvalue weighted by Crippen LogP contribution is 2.29. The molecule has 0 aliphatic heterocycles. The fourth-order valence-electron chi connectivity index (χ4n) is 4.22. The van der Waals surface area contributed by atoms with Crippen LogP contribution < -0.4 is 5.56 Å². The SMILES string of the molecule is Cc1nc2c(c(=O)n1Cc1ccccc1)c1nc3ccccc3nc1n2-c1ccc(Cl)cc1. The maximum atomic E-state index is 13.8. The van der Waals surface area contributed by atoms with Crippen LogP contribution in [0.5, 0.6) is 0 Å². The first-order valence-electron chi connectivity index (χ1n) is 10.6. The quantitative estimate of drug-likeness (QED) is 0.366. The van der Waals surface area contributed by atoms with Crippen LogP contribution in [0.3, 0.4) is 0 Å². The summed E-state index contributed by atoms with van der Waals surface area (Å²) in [5, 5.41) is 1.09. The Labute approximate surface area is 193 Å². The van der Waals surface area contributed by atoms with Crippen molar-refractivity contribution in [1.82, 2.24) is 24.1 Å². The number of aryl methyl sites for hydroxylation is 1. The Morgan fingerprint density at radius 1 is 0.788 bits per heavy atom. The molecule has 0 amide bonds. The second kappa shape index (κ2) is 7.53. The lowest BCUT2D eigenvalue weighted by molar-refractivity contribution is 0.711. The summed E-state index contributed by atoms with van der Waals surface area (Å²) in [6, 6.07) is 25.0. The van der Waals surface area contributed by atoms with Gasteiger partial charge in [-0.1, -0.05) is 54.1 Å². The summed E-state index contributed by atoms with van der Waals surface area (Å²) < 4.78 is 3.59. The topological polar surface area (TPSA) is 65.6 Å². The van der Waals surface area contributed by atoms with E-state index in [0.29, 0.717) is 39.6 Å². The van der Waals surface area contributed by atoms with Crippen molar-refractivity contribution in [2.75, 3.05) is 0 Å². The standard InChI is InChI=1S/C26H18ClN5O/c1-16-28-24-22(26(33)31(16)15-17-7-3-2-4-8-17)23-25(30-21-10-6-5-9-20(21)29-23)32(24)19-13-11-18(27)12-14-19/h2-14H,15H2,1H3. The second-order valence-electron chi connectivity index (χ2n) is 7.93. The number of nitrogens with zero attached hydrogens (tertiary/aromatic N) is 5. The van der Waals surface area contributed by atoms with Gasteiger partial charge in [0.25, 0.3) is 5.56 Å². The maximum Gasteiger partial charge on any atom is 0.265 e. The van der Waals surface area contributed by atoms with Crippen molar-refractivity contribution < 1.29 is 0 Å². The molecule has 0 aliphatic carbocycles. The molecule has 6 aromatic rings. The molecule has 33 heavy (non-hydrogen) atoms. The van der Waals surface area contributed by atoms with E-state index in [1.54, 1.807) is 4.57 Å². The molecule has 0 spiro atoms. The first-order chi connectivity index (χ1) is 16.1. The largest absolute Gasteiger partial charge is 0.292 e. The number of aromatic nitrogens is 5. The van der Waals surface area contributed by atoms with Crippen molar-refractivity contribution in [2.24, 2.45) is 0 Å². The second-order valence-corrected chi connectivity index (χ2v) is 8.37. The molecule has 0 atom stereocenters. The molecule has 0 bridgehead atoms. The van der Waals surface area contributed by atoms with Crippen LogP contribution in [0.15, 0.2) is 83.7 Å². The zero-order valence-corrected chi connectivity index (χ0v) is 18.5. The van der Waals surface area contributed by atoms with Crippen LogP contribution in [0.1, 0.15) is 11.4 Å². The molecule has 0 radical (unpaired) electrons. The Morgan fingerprint density at radius 2 is 1.45 bits per heavy atom. The number of benzene rings is 3. The first kappa shape index (κ1) is 19.6. The molecule has 0 unspecified atom stereocenters. The van der Waals surface area contributed by atoms with E-state index in [0.717, 1.165) is 22.3 Å². The van der Waals surface area contributed by atoms with Gasteiger partial charge in [0, 0.05) is 10.7 Å². The lowest BCUT2D eigenvalue weighted by Gasteiger charge is -2.11. The van der Waals surface area contributed by atoms with Gasteiger partial charge >= 0.3 is 0 Å². The lowest BCUT2D eigenvalue weighted by Crippen LogP contribution is -2.24. The van der Waals surface area contributed by atoms with Crippen molar-refractivity contribution in [3.8, 4) is 5.69 Å². The number of hydrogen-bond donors (Lipinski definition) is 0. The highest BCUT2D eigenvalue weighted by Gasteiger charge is 2.22. The minimum Gasteiger partial charge on any atom is -0.292 e. The molecule has 3 heterocycles. The smallest absolute Gasteiger partial charge is 0.265 e. The Balaban J connectivity index is 1.73. The molecular weight excluding hydrogens is 434 g/mol. The molecule has 0 N–H and O–H groups in total. The van der Waals surface area contributed by atoms with Gasteiger partial charge in [-0.05, 0) is 48.9 Å². The minimum absolute atomic E-state index is 0.136. The monoisotopic (exact) mass is 451 g/mol. The summed E-state index contributed by atoms with van der Waals surface area (Å²) in [6.07, 6.45) is 0. The summed E-state index contributed by atoms with van der Waals surface area (Å²) in [5.41, 5.74) is 4.86. The first-order valence-corrected chi connectivity index (χ1v) is 11.0. The Bertz CT molecular complexity index is 1720. The van der Waals surface area contributed by atoms with Crippen molar-refractivity contribution in [1.29, 1.82) is 0 Å². The average Bonchev–Trinajstić information content (AvgIpc) is 3.14. The van der Waals surface area contributed by atoms with E-state index in [4.69, 9.17) is 26.6 Å². The third-order valence-electron chi connectivity index (χ3n) is 5.82. The van der Waals surface area contributed by atoms with E-state index in [1.807, 2.05) is 90.4 Å². The number of para-hydroxylation sites is 2. The van der Waals surface area contributed by atoms with E-state index < -0.39 is 0 Å². The summed E-state index contributed by atoms with van der Waals surface area (Å²) >= 11 is 6.13. The molecule has 0 saturated heterocycles. The van der Waals surface area contributed by atoms with Crippen LogP contribution in [0.2, 0.25) is 5.02 Å². The van der Waals surface area contributed by atoms with E-state index in [2.05, 4.69) is 0 Å². The molecule has 7 heteroatoms. The molecule has 0 saturated carbocycles. The third kappa shape index (κ3) is 3.18. The number of fused-ring (bicyclic) bond motifs is 4. The van der Waals surface area contributed by atoms with E-state index >= 15 is 0 Å². The fourth-order valence-corrected chi connectivity index (χ4v) is 4.34. The van der Waals surface area contributed by atoms with Gasteiger partial charge in [0.05, 0.1) is 17.6 Å². The molecular formula is C26H18ClN5O. The van der Waals surface area contributed by atoms with Crippen molar-refractivity contribution in [3.63, 3.8) is 0 Å². The fraction of sp³-hybridized carbons (Fsp3) is 0.0769. The van der Waals surface area contributed by atoms with Crippen molar-refractivity contribution in [3.05, 3.63) is 106 Å². The van der Waals surface area contributed by atoms with E-state index in [-0.39, 0.29) is 5.56 Å². The number of hydrogen-bond acceptors (Lipinski definition) is 4. The zero-order chi connectivity index (χ0) is 22.5. The van der Waals surface area contributed by atoms with Gasteiger partial charge in [-0.3, -0.25) is 13.9 Å². The van der Waals surface area contributed by atoms with Gasteiger partial charge in [0.2, 0.25) is 0 Å². The highest BCUT2D eigenvalue weighted by molar-refractivity contribution is 6.30. The predicted molar refractivity (Wildman–Crippen MR) is 131 cm³/mol. The summed E-state index contributed by atoms with van der Waals surface area (Å²) in [4.78, 5) is 28.4. The van der Waals surface area contributed by atoms with Crippen molar-refractivity contribution >= 4 is 44.8 Å². The summed E-state index contributed by atoms with van der Waals surface area (Å²) in [7, 11) is 0. The molecule has 160 valence electrons. The maximum absolute atomic E-state index is 13.8. The van der Waals surface area contributed by atoms with Crippen LogP contribution >= 0.6 is 11.6 Å². The molecule has 0 fully saturated rings. The van der Waals surface area contributed by atoms with Crippen LogP contribution in [0, 0.1) is 6.92 Å².